The van der Waals surface area contributed by atoms with Crippen LogP contribution in [0.3, 0.4) is 0 Å². The number of thiocarbonyl (C=S) groups is 1. The molecule has 0 heterocycles. The second kappa shape index (κ2) is 4.70. The van der Waals surface area contributed by atoms with Crippen molar-refractivity contribution in [1.82, 2.24) is 0 Å². The predicted molar refractivity (Wildman–Crippen MR) is 67.1 cm³/mol. The molecule has 0 atom stereocenters. The van der Waals surface area contributed by atoms with E-state index in [9.17, 15) is 0 Å². The Labute approximate surface area is 101 Å². The number of benzene rings is 1. The van der Waals surface area contributed by atoms with Gasteiger partial charge in [0.1, 0.15) is 4.99 Å². The van der Waals surface area contributed by atoms with Crippen molar-refractivity contribution in [3.63, 3.8) is 0 Å². The molecule has 2 rings (SSSR count). The maximum atomic E-state index is 5.68. The number of methoxy groups -OCH3 is 1. The van der Waals surface area contributed by atoms with Crippen LogP contribution in [-0.4, -0.2) is 18.7 Å². The highest BCUT2D eigenvalue weighted by Gasteiger charge is 2.22. The summed E-state index contributed by atoms with van der Waals surface area (Å²) in [5.74, 6) is 2.17. The van der Waals surface area contributed by atoms with Gasteiger partial charge >= 0.3 is 0 Å². The molecule has 1 aliphatic carbocycles. The van der Waals surface area contributed by atoms with Crippen molar-refractivity contribution < 1.29 is 9.47 Å². The maximum Gasteiger partial charge on any atom is 0.161 e. The van der Waals surface area contributed by atoms with Crippen molar-refractivity contribution in [1.29, 1.82) is 0 Å². The first kappa shape index (κ1) is 11.2. The smallest absolute Gasteiger partial charge is 0.161 e. The molecule has 1 saturated carbocycles. The first-order valence-electron chi connectivity index (χ1n) is 5.31. The second-order valence-corrected chi connectivity index (χ2v) is 4.42. The summed E-state index contributed by atoms with van der Waals surface area (Å²) < 4.78 is 10.9. The summed E-state index contributed by atoms with van der Waals surface area (Å²) in [4.78, 5) is 0.368. The molecular formula is C12H15NO2S. The van der Waals surface area contributed by atoms with Crippen LogP contribution in [0.5, 0.6) is 11.5 Å². The van der Waals surface area contributed by atoms with Gasteiger partial charge < -0.3 is 15.2 Å². The Hall–Kier alpha value is -1.29. The van der Waals surface area contributed by atoms with Gasteiger partial charge in [-0.05, 0) is 37.0 Å². The fourth-order valence-electron chi connectivity index (χ4n) is 1.43. The average Bonchev–Trinajstić information content (AvgIpc) is 3.09. The molecule has 86 valence electrons. The number of hydrogen-bond donors (Lipinski definition) is 1. The lowest BCUT2D eigenvalue weighted by Gasteiger charge is -2.11. The molecule has 0 saturated heterocycles. The predicted octanol–water partition coefficient (Wildman–Crippen LogP) is 2.12. The van der Waals surface area contributed by atoms with Crippen LogP contribution in [0.4, 0.5) is 0 Å². The first-order valence-corrected chi connectivity index (χ1v) is 5.72. The van der Waals surface area contributed by atoms with Crippen molar-refractivity contribution in [2.75, 3.05) is 13.7 Å². The molecule has 0 aliphatic heterocycles. The Balaban J connectivity index is 2.12. The van der Waals surface area contributed by atoms with Crippen LogP contribution in [0.1, 0.15) is 18.4 Å². The molecule has 16 heavy (non-hydrogen) atoms. The van der Waals surface area contributed by atoms with E-state index in [1.54, 1.807) is 7.11 Å². The van der Waals surface area contributed by atoms with Gasteiger partial charge in [-0.25, -0.2) is 0 Å². The normalized spacial score (nSPS) is 14.6. The summed E-state index contributed by atoms with van der Waals surface area (Å²) in [7, 11) is 1.61. The molecule has 0 spiro atoms. The molecule has 4 heteroatoms. The van der Waals surface area contributed by atoms with E-state index >= 15 is 0 Å². The Bertz CT molecular complexity index is 402. The van der Waals surface area contributed by atoms with E-state index in [-0.39, 0.29) is 0 Å². The third-order valence-electron chi connectivity index (χ3n) is 2.62. The minimum absolute atomic E-state index is 0.368. The van der Waals surface area contributed by atoms with Crippen LogP contribution in [0.25, 0.3) is 0 Å². The molecule has 0 amide bonds. The highest BCUT2D eigenvalue weighted by atomic mass is 32.1. The maximum absolute atomic E-state index is 5.68. The van der Waals surface area contributed by atoms with E-state index in [0.717, 1.165) is 23.8 Å². The van der Waals surface area contributed by atoms with E-state index in [1.807, 2.05) is 18.2 Å². The highest BCUT2D eigenvalue weighted by molar-refractivity contribution is 7.80. The fraction of sp³-hybridized carbons (Fsp3) is 0.417. The van der Waals surface area contributed by atoms with Crippen LogP contribution >= 0.6 is 12.2 Å². The summed E-state index contributed by atoms with van der Waals surface area (Å²) in [6.45, 7) is 0.767. The van der Waals surface area contributed by atoms with Gasteiger partial charge in [0.25, 0.3) is 0 Å². The van der Waals surface area contributed by atoms with Gasteiger partial charge in [-0.3, -0.25) is 0 Å². The summed E-state index contributed by atoms with van der Waals surface area (Å²) in [6.07, 6.45) is 2.54. The zero-order valence-electron chi connectivity index (χ0n) is 9.23. The van der Waals surface area contributed by atoms with Gasteiger partial charge in [-0.2, -0.15) is 0 Å². The Kier molecular flexibility index (Phi) is 3.29. The van der Waals surface area contributed by atoms with Gasteiger partial charge in [0, 0.05) is 5.56 Å². The molecule has 1 fully saturated rings. The molecule has 1 aliphatic rings. The zero-order chi connectivity index (χ0) is 11.5. The summed E-state index contributed by atoms with van der Waals surface area (Å²) in [5, 5.41) is 0. The summed E-state index contributed by atoms with van der Waals surface area (Å²) >= 11 is 4.91. The molecule has 0 bridgehead atoms. The molecule has 3 nitrogen and oxygen atoms in total. The average molecular weight is 237 g/mol. The molecule has 0 radical (unpaired) electrons. The van der Waals surface area contributed by atoms with Crippen LogP contribution in [-0.2, 0) is 0 Å². The van der Waals surface area contributed by atoms with Crippen molar-refractivity contribution in [2.24, 2.45) is 11.7 Å². The summed E-state index contributed by atoms with van der Waals surface area (Å²) in [6, 6.07) is 5.52. The quantitative estimate of drug-likeness (QED) is 0.797. The number of ether oxygens (including phenoxy) is 2. The Morgan fingerprint density at radius 2 is 2.19 bits per heavy atom. The number of rotatable bonds is 5. The van der Waals surface area contributed by atoms with Crippen molar-refractivity contribution in [2.45, 2.75) is 12.8 Å². The lowest BCUT2D eigenvalue weighted by molar-refractivity contribution is 0.280. The molecule has 1 aromatic carbocycles. The third-order valence-corrected chi connectivity index (χ3v) is 2.86. The van der Waals surface area contributed by atoms with E-state index in [2.05, 4.69) is 0 Å². The van der Waals surface area contributed by atoms with Crippen molar-refractivity contribution in [3.8, 4) is 11.5 Å². The van der Waals surface area contributed by atoms with E-state index in [4.69, 9.17) is 27.4 Å². The molecular weight excluding hydrogens is 222 g/mol. The Morgan fingerprint density at radius 1 is 1.44 bits per heavy atom. The van der Waals surface area contributed by atoms with Gasteiger partial charge in [-0.1, -0.05) is 12.2 Å². The van der Waals surface area contributed by atoms with Crippen LogP contribution in [0.2, 0.25) is 0 Å². The van der Waals surface area contributed by atoms with Gasteiger partial charge in [0.2, 0.25) is 0 Å². The van der Waals surface area contributed by atoms with Gasteiger partial charge in [-0.15, -0.1) is 0 Å². The highest BCUT2D eigenvalue weighted by Crippen LogP contribution is 2.33. The number of nitrogens with two attached hydrogens (primary N) is 1. The molecule has 2 N–H and O–H groups in total. The SMILES string of the molecule is COc1cc(C(N)=S)ccc1OCC1CC1. The van der Waals surface area contributed by atoms with E-state index in [0.29, 0.717) is 10.7 Å². The minimum atomic E-state index is 0.368. The Morgan fingerprint density at radius 3 is 2.75 bits per heavy atom. The number of hydrogen-bond acceptors (Lipinski definition) is 3. The fourth-order valence-corrected chi connectivity index (χ4v) is 1.56. The van der Waals surface area contributed by atoms with Crippen LogP contribution in [0, 0.1) is 5.92 Å². The first-order chi connectivity index (χ1) is 7.70. The van der Waals surface area contributed by atoms with Crippen LogP contribution in [0.15, 0.2) is 18.2 Å². The molecule has 1 aromatic rings. The topological polar surface area (TPSA) is 44.5 Å². The lowest BCUT2D eigenvalue weighted by Crippen LogP contribution is -2.10. The van der Waals surface area contributed by atoms with Crippen molar-refractivity contribution in [3.05, 3.63) is 23.8 Å². The largest absolute Gasteiger partial charge is 0.493 e. The van der Waals surface area contributed by atoms with Crippen LogP contribution < -0.4 is 15.2 Å². The molecule has 0 unspecified atom stereocenters. The van der Waals surface area contributed by atoms with E-state index < -0.39 is 0 Å². The lowest BCUT2D eigenvalue weighted by atomic mass is 10.2. The third kappa shape index (κ3) is 2.64. The monoisotopic (exact) mass is 237 g/mol. The molecule has 0 aromatic heterocycles. The standard InChI is InChI=1S/C12H15NO2S/c1-14-11-6-9(12(13)16)4-5-10(11)15-7-8-2-3-8/h4-6,8H,2-3,7H2,1H3,(H2,13,16). The zero-order valence-corrected chi connectivity index (χ0v) is 10.0. The minimum Gasteiger partial charge on any atom is -0.493 e. The second-order valence-electron chi connectivity index (χ2n) is 3.98. The van der Waals surface area contributed by atoms with Gasteiger partial charge in [0.05, 0.1) is 13.7 Å². The van der Waals surface area contributed by atoms with Gasteiger partial charge in [0.15, 0.2) is 11.5 Å². The van der Waals surface area contributed by atoms with Crippen molar-refractivity contribution >= 4 is 17.2 Å². The van der Waals surface area contributed by atoms with E-state index in [1.165, 1.54) is 12.8 Å². The summed E-state index contributed by atoms with van der Waals surface area (Å²) in [5.41, 5.74) is 6.35.